The van der Waals surface area contributed by atoms with Crippen LogP contribution in [0.3, 0.4) is 0 Å². The monoisotopic (exact) mass is 331 g/mol. The number of hydrogen-bond acceptors (Lipinski definition) is 2. The highest BCUT2D eigenvalue weighted by Crippen LogP contribution is 2.28. The maximum atomic E-state index is 13.0. The van der Waals surface area contributed by atoms with E-state index < -0.39 is 10.0 Å². The first-order chi connectivity index (χ1) is 10.8. The summed E-state index contributed by atoms with van der Waals surface area (Å²) in [6, 6.07) is 11.5. The highest BCUT2D eigenvalue weighted by Gasteiger charge is 2.25. The fourth-order valence-corrected chi connectivity index (χ4v) is 4.83. The Labute approximate surface area is 139 Å². The SMILES string of the molecule is CCC(NS(=O)(=O)c1c(C)c(C)cc(C)c1C)c1ccccc1. The van der Waals surface area contributed by atoms with E-state index in [-0.39, 0.29) is 6.04 Å². The molecule has 2 aromatic rings. The van der Waals surface area contributed by atoms with Crippen LogP contribution in [0.15, 0.2) is 41.3 Å². The van der Waals surface area contributed by atoms with Crippen LogP contribution in [0.2, 0.25) is 0 Å². The molecule has 0 saturated heterocycles. The molecular formula is C19H25NO2S. The molecule has 1 unspecified atom stereocenters. The third kappa shape index (κ3) is 3.65. The van der Waals surface area contributed by atoms with Crippen molar-refractivity contribution in [1.29, 1.82) is 0 Å². The second-order valence-corrected chi connectivity index (χ2v) is 7.73. The van der Waals surface area contributed by atoms with Crippen LogP contribution in [-0.4, -0.2) is 8.42 Å². The van der Waals surface area contributed by atoms with Gasteiger partial charge < -0.3 is 0 Å². The number of aryl methyl sites for hydroxylation is 2. The van der Waals surface area contributed by atoms with Crippen molar-refractivity contribution in [3.63, 3.8) is 0 Å². The molecule has 0 radical (unpaired) electrons. The molecule has 124 valence electrons. The second kappa shape index (κ2) is 6.85. The molecule has 2 rings (SSSR count). The van der Waals surface area contributed by atoms with Gasteiger partial charge in [-0.15, -0.1) is 0 Å². The van der Waals surface area contributed by atoms with Gasteiger partial charge in [-0.25, -0.2) is 13.1 Å². The second-order valence-electron chi connectivity index (χ2n) is 6.08. The zero-order valence-corrected chi connectivity index (χ0v) is 15.3. The number of benzene rings is 2. The van der Waals surface area contributed by atoms with Crippen LogP contribution in [0.4, 0.5) is 0 Å². The maximum Gasteiger partial charge on any atom is 0.241 e. The van der Waals surface area contributed by atoms with E-state index in [2.05, 4.69) is 4.72 Å². The van der Waals surface area contributed by atoms with Crippen LogP contribution in [0, 0.1) is 27.7 Å². The summed E-state index contributed by atoms with van der Waals surface area (Å²) in [5.41, 5.74) is 4.63. The van der Waals surface area contributed by atoms with Gasteiger partial charge in [0.2, 0.25) is 10.0 Å². The predicted molar refractivity (Wildman–Crippen MR) is 95.2 cm³/mol. The van der Waals surface area contributed by atoms with Crippen molar-refractivity contribution in [2.45, 2.75) is 52.0 Å². The van der Waals surface area contributed by atoms with Crippen LogP contribution in [0.5, 0.6) is 0 Å². The van der Waals surface area contributed by atoms with Gasteiger partial charge in [-0.2, -0.15) is 0 Å². The van der Waals surface area contributed by atoms with Crippen molar-refractivity contribution in [3.8, 4) is 0 Å². The Kier molecular flexibility index (Phi) is 5.27. The first-order valence-electron chi connectivity index (χ1n) is 7.92. The predicted octanol–water partition coefficient (Wildman–Crippen LogP) is 4.35. The molecule has 3 nitrogen and oxygen atoms in total. The average Bonchev–Trinajstić information content (AvgIpc) is 2.51. The number of nitrogens with one attached hydrogen (secondary N) is 1. The maximum absolute atomic E-state index is 13.0. The number of rotatable bonds is 5. The van der Waals surface area contributed by atoms with Crippen molar-refractivity contribution in [2.24, 2.45) is 0 Å². The summed E-state index contributed by atoms with van der Waals surface area (Å²) in [4.78, 5) is 0.421. The minimum atomic E-state index is -3.58. The summed E-state index contributed by atoms with van der Waals surface area (Å²) >= 11 is 0. The summed E-state index contributed by atoms with van der Waals surface area (Å²) in [7, 11) is -3.58. The molecule has 0 aliphatic rings. The molecule has 0 spiro atoms. The highest BCUT2D eigenvalue weighted by atomic mass is 32.2. The van der Waals surface area contributed by atoms with E-state index in [1.54, 1.807) is 0 Å². The third-order valence-corrected chi connectivity index (χ3v) is 6.22. The Morgan fingerprint density at radius 2 is 1.48 bits per heavy atom. The molecule has 23 heavy (non-hydrogen) atoms. The summed E-state index contributed by atoms with van der Waals surface area (Å²) in [5, 5.41) is 0. The molecule has 0 amide bonds. The first kappa shape index (κ1) is 17.7. The summed E-state index contributed by atoms with van der Waals surface area (Å²) in [6.07, 6.45) is 0.701. The van der Waals surface area contributed by atoms with Gasteiger partial charge in [0.15, 0.2) is 0 Å². The minimum Gasteiger partial charge on any atom is -0.207 e. The molecule has 0 saturated carbocycles. The molecule has 0 heterocycles. The highest BCUT2D eigenvalue weighted by molar-refractivity contribution is 7.89. The van der Waals surface area contributed by atoms with Gasteiger partial charge >= 0.3 is 0 Å². The molecule has 0 fully saturated rings. The zero-order chi connectivity index (χ0) is 17.2. The normalized spacial score (nSPS) is 13.1. The molecular weight excluding hydrogens is 306 g/mol. The standard InChI is InChI=1S/C19H25NO2S/c1-6-18(17-10-8-7-9-11-17)20-23(21,22)19-15(4)13(2)12-14(3)16(19)5/h7-12,18,20H,6H2,1-5H3. The van der Waals surface area contributed by atoms with Gasteiger partial charge in [0, 0.05) is 6.04 Å². The zero-order valence-electron chi connectivity index (χ0n) is 14.5. The average molecular weight is 331 g/mol. The molecule has 4 heteroatoms. The smallest absolute Gasteiger partial charge is 0.207 e. The van der Waals surface area contributed by atoms with E-state index in [1.165, 1.54) is 0 Å². The van der Waals surface area contributed by atoms with Gasteiger partial charge in [0.25, 0.3) is 0 Å². The van der Waals surface area contributed by atoms with Crippen molar-refractivity contribution < 1.29 is 8.42 Å². The molecule has 0 aromatic heterocycles. The summed E-state index contributed by atoms with van der Waals surface area (Å²) in [5.74, 6) is 0. The van der Waals surface area contributed by atoms with E-state index in [4.69, 9.17) is 0 Å². The van der Waals surface area contributed by atoms with Crippen LogP contribution in [0.25, 0.3) is 0 Å². The van der Waals surface area contributed by atoms with E-state index in [0.29, 0.717) is 11.3 Å². The van der Waals surface area contributed by atoms with Crippen LogP contribution in [0.1, 0.15) is 47.2 Å². The molecule has 1 N–H and O–H groups in total. The Hall–Kier alpha value is -1.65. The fourth-order valence-electron chi connectivity index (χ4n) is 2.90. The largest absolute Gasteiger partial charge is 0.241 e. The topological polar surface area (TPSA) is 46.2 Å². The lowest BCUT2D eigenvalue weighted by Gasteiger charge is -2.21. The third-order valence-electron chi connectivity index (χ3n) is 4.47. The molecule has 1 atom stereocenters. The van der Waals surface area contributed by atoms with Crippen LogP contribution in [-0.2, 0) is 10.0 Å². The van der Waals surface area contributed by atoms with Crippen LogP contribution >= 0.6 is 0 Å². The minimum absolute atomic E-state index is 0.221. The van der Waals surface area contributed by atoms with Crippen molar-refractivity contribution in [3.05, 3.63) is 64.2 Å². The Balaban J connectivity index is 2.47. The fraction of sp³-hybridized carbons (Fsp3) is 0.368. The Bertz CT molecular complexity index is 770. The van der Waals surface area contributed by atoms with Crippen molar-refractivity contribution in [2.75, 3.05) is 0 Å². The van der Waals surface area contributed by atoms with Gasteiger partial charge in [-0.1, -0.05) is 43.3 Å². The molecule has 0 bridgehead atoms. The van der Waals surface area contributed by atoms with E-state index in [1.807, 2.05) is 71.0 Å². The van der Waals surface area contributed by atoms with Crippen LogP contribution < -0.4 is 4.72 Å². The van der Waals surface area contributed by atoms with Gasteiger partial charge in [-0.05, 0) is 61.9 Å². The lowest BCUT2D eigenvalue weighted by Crippen LogP contribution is -2.29. The molecule has 0 aliphatic carbocycles. The molecule has 2 aromatic carbocycles. The first-order valence-corrected chi connectivity index (χ1v) is 9.41. The van der Waals surface area contributed by atoms with Crippen molar-refractivity contribution in [1.82, 2.24) is 4.72 Å². The number of sulfonamides is 1. The summed E-state index contributed by atoms with van der Waals surface area (Å²) < 4.78 is 28.9. The van der Waals surface area contributed by atoms with Crippen molar-refractivity contribution >= 4 is 10.0 Å². The Morgan fingerprint density at radius 1 is 0.957 bits per heavy atom. The van der Waals surface area contributed by atoms with Gasteiger partial charge in [-0.3, -0.25) is 0 Å². The summed E-state index contributed by atoms with van der Waals surface area (Å²) in [6.45, 7) is 9.64. The lowest BCUT2D eigenvalue weighted by molar-refractivity contribution is 0.549. The van der Waals surface area contributed by atoms with E-state index in [0.717, 1.165) is 27.8 Å². The molecule has 0 aliphatic heterocycles. The number of hydrogen-bond donors (Lipinski definition) is 1. The Morgan fingerprint density at radius 3 is 1.96 bits per heavy atom. The lowest BCUT2D eigenvalue weighted by atomic mass is 10.0. The van der Waals surface area contributed by atoms with E-state index >= 15 is 0 Å². The van der Waals surface area contributed by atoms with E-state index in [9.17, 15) is 8.42 Å². The van der Waals surface area contributed by atoms with Gasteiger partial charge in [0.1, 0.15) is 0 Å². The quantitative estimate of drug-likeness (QED) is 0.885. The van der Waals surface area contributed by atoms with Gasteiger partial charge in [0.05, 0.1) is 4.90 Å².